The van der Waals surface area contributed by atoms with Crippen LogP contribution in [0.15, 0.2) is 41.9 Å². The van der Waals surface area contributed by atoms with Crippen LogP contribution < -0.4 is 20.7 Å². The van der Waals surface area contributed by atoms with E-state index in [1.165, 1.54) is 0 Å². The van der Waals surface area contributed by atoms with Gasteiger partial charge >= 0.3 is 0 Å². The quantitative estimate of drug-likeness (QED) is 0.300. The zero-order valence-electron chi connectivity index (χ0n) is 12.5. The van der Waals surface area contributed by atoms with E-state index in [4.69, 9.17) is 4.74 Å². The molecular formula is C15H22N4O2. The Morgan fingerprint density at radius 3 is 2.76 bits per heavy atom. The Kier molecular flexibility index (Phi) is 7.42. The molecule has 0 aliphatic carbocycles. The standard InChI is InChI=1S/C15H22N4O2/c1-4-8-18-15(16-2)19-10-9-17-14(20)12-6-5-7-13(11-12)21-3/h4-7,11H,1,8-10H2,2-3H3,(H,17,20)(H2,16,18,19). The Balaban J connectivity index is 2.34. The van der Waals surface area contributed by atoms with Crippen LogP contribution in [0.4, 0.5) is 0 Å². The van der Waals surface area contributed by atoms with Crippen molar-refractivity contribution in [2.45, 2.75) is 0 Å². The lowest BCUT2D eigenvalue weighted by Crippen LogP contribution is -2.41. The first-order chi connectivity index (χ1) is 10.2. The molecule has 114 valence electrons. The van der Waals surface area contributed by atoms with E-state index in [1.807, 2.05) is 0 Å². The number of amides is 1. The number of guanidine groups is 1. The third-order valence-electron chi connectivity index (χ3n) is 2.67. The van der Waals surface area contributed by atoms with Crippen molar-refractivity contribution in [2.75, 3.05) is 33.8 Å². The maximum atomic E-state index is 11.9. The van der Waals surface area contributed by atoms with Crippen molar-refractivity contribution < 1.29 is 9.53 Å². The molecular weight excluding hydrogens is 268 g/mol. The molecule has 0 unspecified atom stereocenters. The predicted octanol–water partition coefficient (Wildman–Crippen LogP) is 0.776. The number of nitrogens with zero attached hydrogens (tertiary/aromatic N) is 1. The summed E-state index contributed by atoms with van der Waals surface area (Å²) in [5, 5.41) is 8.96. The van der Waals surface area contributed by atoms with Gasteiger partial charge < -0.3 is 20.7 Å². The van der Waals surface area contributed by atoms with Gasteiger partial charge in [0.05, 0.1) is 7.11 Å². The van der Waals surface area contributed by atoms with Gasteiger partial charge in [-0.15, -0.1) is 6.58 Å². The number of carbonyl (C=O) groups excluding carboxylic acids is 1. The topological polar surface area (TPSA) is 74.8 Å². The minimum atomic E-state index is -0.135. The van der Waals surface area contributed by atoms with Gasteiger partial charge in [-0.3, -0.25) is 9.79 Å². The number of nitrogens with one attached hydrogen (secondary N) is 3. The van der Waals surface area contributed by atoms with Crippen molar-refractivity contribution in [3.8, 4) is 5.75 Å². The first kappa shape index (κ1) is 16.6. The lowest BCUT2D eigenvalue weighted by molar-refractivity contribution is 0.0954. The predicted molar refractivity (Wildman–Crippen MR) is 84.9 cm³/mol. The minimum absolute atomic E-state index is 0.135. The Bertz CT molecular complexity index is 500. The fourth-order valence-corrected chi connectivity index (χ4v) is 1.61. The van der Waals surface area contributed by atoms with E-state index in [9.17, 15) is 4.79 Å². The second kappa shape index (κ2) is 9.41. The van der Waals surface area contributed by atoms with Crippen molar-refractivity contribution in [2.24, 2.45) is 4.99 Å². The van der Waals surface area contributed by atoms with Crippen LogP contribution in [0, 0.1) is 0 Å². The summed E-state index contributed by atoms with van der Waals surface area (Å²) in [7, 11) is 3.26. The number of hydrogen-bond donors (Lipinski definition) is 3. The lowest BCUT2D eigenvalue weighted by Gasteiger charge is -2.11. The Hall–Kier alpha value is -2.50. The average molecular weight is 290 g/mol. The van der Waals surface area contributed by atoms with E-state index < -0.39 is 0 Å². The molecule has 1 aromatic carbocycles. The fourth-order valence-electron chi connectivity index (χ4n) is 1.61. The Labute approximate surface area is 125 Å². The highest BCUT2D eigenvalue weighted by Crippen LogP contribution is 2.11. The second-order valence-electron chi connectivity index (χ2n) is 4.16. The monoisotopic (exact) mass is 290 g/mol. The number of carbonyl (C=O) groups is 1. The molecule has 1 amide bonds. The number of rotatable bonds is 7. The van der Waals surface area contributed by atoms with Crippen LogP contribution in [0.2, 0.25) is 0 Å². The summed E-state index contributed by atoms with van der Waals surface area (Å²) in [4.78, 5) is 16.0. The minimum Gasteiger partial charge on any atom is -0.497 e. The van der Waals surface area contributed by atoms with Gasteiger partial charge in [-0.1, -0.05) is 12.1 Å². The molecule has 0 heterocycles. The molecule has 21 heavy (non-hydrogen) atoms. The van der Waals surface area contributed by atoms with E-state index in [0.29, 0.717) is 36.9 Å². The highest BCUT2D eigenvalue weighted by molar-refractivity contribution is 5.94. The molecule has 1 aromatic rings. The van der Waals surface area contributed by atoms with Gasteiger partial charge in [0, 0.05) is 32.2 Å². The number of ether oxygens (including phenoxy) is 1. The summed E-state index contributed by atoms with van der Waals surface area (Å²) in [6.07, 6.45) is 1.75. The third kappa shape index (κ3) is 5.99. The van der Waals surface area contributed by atoms with Crippen molar-refractivity contribution in [3.63, 3.8) is 0 Å². The molecule has 0 fully saturated rings. The summed E-state index contributed by atoms with van der Waals surface area (Å²) in [5.74, 6) is 1.20. The van der Waals surface area contributed by atoms with Crippen LogP contribution in [0.1, 0.15) is 10.4 Å². The highest BCUT2D eigenvalue weighted by atomic mass is 16.5. The van der Waals surface area contributed by atoms with Gasteiger partial charge in [-0.2, -0.15) is 0 Å². The number of aliphatic imine (C=N–C) groups is 1. The largest absolute Gasteiger partial charge is 0.497 e. The van der Waals surface area contributed by atoms with Crippen LogP contribution in [-0.4, -0.2) is 45.7 Å². The first-order valence-electron chi connectivity index (χ1n) is 6.69. The van der Waals surface area contributed by atoms with Crippen molar-refractivity contribution in [3.05, 3.63) is 42.5 Å². The molecule has 3 N–H and O–H groups in total. The van der Waals surface area contributed by atoms with Crippen LogP contribution in [0.5, 0.6) is 5.75 Å². The zero-order valence-corrected chi connectivity index (χ0v) is 12.5. The van der Waals surface area contributed by atoms with E-state index in [1.54, 1.807) is 44.5 Å². The summed E-state index contributed by atoms with van der Waals surface area (Å²) in [5.41, 5.74) is 0.573. The van der Waals surface area contributed by atoms with Crippen LogP contribution in [-0.2, 0) is 0 Å². The van der Waals surface area contributed by atoms with Gasteiger partial charge in [0.25, 0.3) is 5.91 Å². The molecule has 1 rings (SSSR count). The fraction of sp³-hybridized carbons (Fsp3) is 0.333. The van der Waals surface area contributed by atoms with Gasteiger partial charge in [-0.05, 0) is 18.2 Å². The molecule has 0 aliphatic heterocycles. The van der Waals surface area contributed by atoms with Crippen LogP contribution in [0.3, 0.4) is 0 Å². The summed E-state index contributed by atoms with van der Waals surface area (Å²) < 4.78 is 5.09. The summed E-state index contributed by atoms with van der Waals surface area (Å²) in [6, 6.07) is 7.03. The van der Waals surface area contributed by atoms with Crippen molar-refractivity contribution in [1.82, 2.24) is 16.0 Å². The average Bonchev–Trinajstić information content (AvgIpc) is 2.54. The zero-order chi connectivity index (χ0) is 15.5. The SMILES string of the molecule is C=CCNC(=NC)NCCNC(=O)c1cccc(OC)c1. The lowest BCUT2D eigenvalue weighted by atomic mass is 10.2. The van der Waals surface area contributed by atoms with E-state index >= 15 is 0 Å². The highest BCUT2D eigenvalue weighted by Gasteiger charge is 2.05. The molecule has 6 heteroatoms. The molecule has 6 nitrogen and oxygen atoms in total. The number of hydrogen-bond acceptors (Lipinski definition) is 3. The third-order valence-corrected chi connectivity index (χ3v) is 2.67. The molecule has 0 saturated carbocycles. The molecule has 0 aromatic heterocycles. The van der Waals surface area contributed by atoms with Crippen molar-refractivity contribution >= 4 is 11.9 Å². The molecule has 0 radical (unpaired) electrons. The van der Waals surface area contributed by atoms with Gasteiger partial charge in [0.15, 0.2) is 5.96 Å². The van der Waals surface area contributed by atoms with Crippen molar-refractivity contribution in [1.29, 1.82) is 0 Å². The first-order valence-corrected chi connectivity index (χ1v) is 6.69. The van der Waals surface area contributed by atoms with Gasteiger partial charge in [0.1, 0.15) is 5.75 Å². The van der Waals surface area contributed by atoms with Crippen LogP contribution in [0.25, 0.3) is 0 Å². The summed E-state index contributed by atoms with van der Waals surface area (Å²) in [6.45, 7) is 5.32. The maximum absolute atomic E-state index is 11.9. The molecule has 0 bridgehead atoms. The van der Waals surface area contributed by atoms with Gasteiger partial charge in [0.2, 0.25) is 0 Å². The van der Waals surface area contributed by atoms with E-state index in [-0.39, 0.29) is 5.91 Å². The molecule has 0 aliphatic rings. The normalized spacial score (nSPS) is 10.7. The van der Waals surface area contributed by atoms with E-state index in [0.717, 1.165) is 0 Å². The van der Waals surface area contributed by atoms with Crippen LogP contribution >= 0.6 is 0 Å². The maximum Gasteiger partial charge on any atom is 0.251 e. The Morgan fingerprint density at radius 2 is 2.10 bits per heavy atom. The molecule has 0 spiro atoms. The number of benzene rings is 1. The summed E-state index contributed by atoms with van der Waals surface area (Å²) >= 11 is 0. The second-order valence-corrected chi connectivity index (χ2v) is 4.16. The number of methoxy groups -OCH3 is 1. The molecule has 0 saturated heterocycles. The Morgan fingerprint density at radius 1 is 1.33 bits per heavy atom. The molecule has 0 atom stereocenters. The van der Waals surface area contributed by atoms with E-state index in [2.05, 4.69) is 27.5 Å². The smallest absolute Gasteiger partial charge is 0.251 e. The van der Waals surface area contributed by atoms with Gasteiger partial charge in [-0.25, -0.2) is 0 Å².